The van der Waals surface area contributed by atoms with E-state index in [1.165, 1.54) is 18.2 Å². The van der Waals surface area contributed by atoms with Crippen LogP contribution in [0.4, 0.5) is 4.39 Å². The largest absolute Gasteiger partial charge is 0.483 e. The Bertz CT molecular complexity index is 792. The van der Waals surface area contributed by atoms with Gasteiger partial charge in [-0.3, -0.25) is 0 Å². The van der Waals surface area contributed by atoms with E-state index in [0.717, 1.165) is 5.56 Å². The molecule has 0 amide bonds. The molecule has 0 atom stereocenters. The van der Waals surface area contributed by atoms with Crippen LogP contribution in [0.25, 0.3) is 11.5 Å². The average molecular weight is 384 g/mol. The second-order valence-corrected chi connectivity index (χ2v) is 5.66. The Hall–Kier alpha value is -1.92. The lowest BCUT2D eigenvalue weighted by atomic mass is 10.2. The van der Waals surface area contributed by atoms with Crippen LogP contribution in [0.2, 0.25) is 5.02 Å². The fraction of sp³-hybridized carbons (Fsp3) is 0.0667. The number of hydrogen-bond acceptors (Lipinski definition) is 4. The van der Waals surface area contributed by atoms with Crippen LogP contribution >= 0.6 is 27.5 Å². The topological polar surface area (TPSA) is 48.2 Å². The highest BCUT2D eigenvalue weighted by atomic mass is 79.9. The first kappa shape index (κ1) is 15.0. The molecule has 22 heavy (non-hydrogen) atoms. The van der Waals surface area contributed by atoms with E-state index in [2.05, 4.69) is 26.1 Å². The predicted molar refractivity (Wildman–Crippen MR) is 83.2 cm³/mol. The van der Waals surface area contributed by atoms with Crippen molar-refractivity contribution < 1.29 is 13.5 Å². The van der Waals surface area contributed by atoms with Crippen molar-refractivity contribution in [3.63, 3.8) is 0 Å². The van der Waals surface area contributed by atoms with Gasteiger partial charge in [-0.05, 0) is 58.4 Å². The van der Waals surface area contributed by atoms with Gasteiger partial charge < -0.3 is 9.15 Å². The van der Waals surface area contributed by atoms with Crippen LogP contribution in [-0.4, -0.2) is 10.2 Å². The van der Waals surface area contributed by atoms with E-state index < -0.39 is 0 Å². The van der Waals surface area contributed by atoms with Gasteiger partial charge in [0, 0.05) is 10.6 Å². The number of halogens is 3. The van der Waals surface area contributed by atoms with Gasteiger partial charge in [0.2, 0.25) is 5.89 Å². The minimum atomic E-state index is -0.345. The van der Waals surface area contributed by atoms with Crippen molar-refractivity contribution in [3.05, 3.63) is 63.7 Å². The van der Waals surface area contributed by atoms with Gasteiger partial charge in [0.25, 0.3) is 5.89 Å². The Kier molecular flexibility index (Phi) is 4.40. The fourth-order valence-corrected chi connectivity index (χ4v) is 2.34. The third kappa shape index (κ3) is 3.45. The van der Waals surface area contributed by atoms with Crippen LogP contribution in [0, 0.1) is 5.82 Å². The summed E-state index contributed by atoms with van der Waals surface area (Å²) in [5.74, 6) is 0.851. The Morgan fingerprint density at radius 1 is 1.14 bits per heavy atom. The molecule has 0 radical (unpaired) electrons. The Morgan fingerprint density at radius 3 is 2.64 bits per heavy atom. The van der Waals surface area contributed by atoms with Crippen LogP contribution in [0.3, 0.4) is 0 Å². The molecule has 0 saturated carbocycles. The molecule has 1 aromatic heterocycles. The van der Waals surface area contributed by atoms with Crippen LogP contribution in [0.5, 0.6) is 5.75 Å². The highest BCUT2D eigenvalue weighted by Gasteiger charge is 2.10. The molecule has 112 valence electrons. The summed E-state index contributed by atoms with van der Waals surface area (Å²) in [7, 11) is 0. The second kappa shape index (κ2) is 6.46. The summed E-state index contributed by atoms with van der Waals surface area (Å²) >= 11 is 9.06. The molecule has 3 aromatic rings. The molecule has 0 spiro atoms. The molecule has 0 bridgehead atoms. The van der Waals surface area contributed by atoms with Gasteiger partial charge in [0.05, 0.1) is 4.47 Å². The summed E-state index contributed by atoms with van der Waals surface area (Å²) in [6.07, 6.45) is 0. The van der Waals surface area contributed by atoms with Gasteiger partial charge in [-0.1, -0.05) is 11.6 Å². The highest BCUT2D eigenvalue weighted by Crippen LogP contribution is 2.26. The van der Waals surface area contributed by atoms with Crippen molar-refractivity contribution in [1.29, 1.82) is 0 Å². The van der Waals surface area contributed by atoms with E-state index in [-0.39, 0.29) is 12.4 Å². The molecular weight excluding hydrogens is 375 g/mol. The molecule has 3 rings (SSSR count). The van der Waals surface area contributed by atoms with Gasteiger partial charge in [-0.25, -0.2) is 4.39 Å². The second-order valence-electron chi connectivity index (χ2n) is 4.37. The van der Waals surface area contributed by atoms with E-state index in [1.54, 1.807) is 24.3 Å². The van der Waals surface area contributed by atoms with Gasteiger partial charge in [0.1, 0.15) is 11.6 Å². The van der Waals surface area contributed by atoms with Gasteiger partial charge in [-0.15, -0.1) is 10.2 Å². The molecule has 0 fully saturated rings. The smallest absolute Gasteiger partial charge is 0.254 e. The molecular formula is C15H9BrClFN2O2. The lowest BCUT2D eigenvalue weighted by Crippen LogP contribution is -1.96. The van der Waals surface area contributed by atoms with E-state index in [0.29, 0.717) is 27.0 Å². The maximum Gasteiger partial charge on any atom is 0.254 e. The minimum absolute atomic E-state index is 0.0881. The van der Waals surface area contributed by atoms with E-state index in [1.807, 2.05) is 0 Å². The summed E-state index contributed by atoms with van der Waals surface area (Å²) in [6.45, 7) is 0.0881. The van der Waals surface area contributed by atoms with Crippen LogP contribution < -0.4 is 4.74 Å². The fourth-order valence-electron chi connectivity index (χ4n) is 1.75. The Morgan fingerprint density at radius 2 is 1.91 bits per heavy atom. The lowest BCUT2D eigenvalue weighted by molar-refractivity contribution is 0.262. The van der Waals surface area contributed by atoms with E-state index in [9.17, 15) is 4.39 Å². The van der Waals surface area contributed by atoms with Crippen LogP contribution in [0.15, 0.2) is 51.4 Å². The maximum atomic E-state index is 13.0. The molecule has 0 aliphatic heterocycles. The van der Waals surface area contributed by atoms with Crippen LogP contribution in [-0.2, 0) is 6.61 Å². The molecule has 2 aromatic carbocycles. The van der Waals surface area contributed by atoms with E-state index >= 15 is 0 Å². The maximum absolute atomic E-state index is 13.0. The molecule has 0 aliphatic carbocycles. The van der Waals surface area contributed by atoms with E-state index in [4.69, 9.17) is 20.8 Å². The number of hydrogen-bond donors (Lipinski definition) is 0. The first-order valence-corrected chi connectivity index (χ1v) is 7.45. The number of benzene rings is 2. The van der Waals surface area contributed by atoms with Crippen molar-refractivity contribution in [2.75, 3.05) is 0 Å². The normalized spacial score (nSPS) is 10.7. The predicted octanol–water partition coefficient (Wildman–Crippen LogP) is 4.87. The lowest BCUT2D eigenvalue weighted by Gasteiger charge is -2.05. The monoisotopic (exact) mass is 382 g/mol. The number of ether oxygens (including phenoxy) is 1. The summed E-state index contributed by atoms with van der Waals surface area (Å²) in [4.78, 5) is 0. The number of aromatic nitrogens is 2. The molecule has 1 heterocycles. The first-order chi connectivity index (χ1) is 10.6. The SMILES string of the molecule is Fc1ccc(OCc2nnc(-c3ccc(Cl)cc3)o2)c(Br)c1. The first-order valence-electron chi connectivity index (χ1n) is 6.28. The quantitative estimate of drug-likeness (QED) is 0.645. The molecule has 0 saturated heterocycles. The highest BCUT2D eigenvalue weighted by molar-refractivity contribution is 9.10. The summed E-state index contributed by atoms with van der Waals surface area (Å²) in [5.41, 5.74) is 0.770. The van der Waals surface area contributed by atoms with Crippen molar-refractivity contribution in [1.82, 2.24) is 10.2 Å². The third-order valence-electron chi connectivity index (χ3n) is 2.80. The zero-order valence-electron chi connectivity index (χ0n) is 11.1. The Balaban J connectivity index is 1.70. The van der Waals surface area contributed by atoms with Gasteiger partial charge >= 0.3 is 0 Å². The van der Waals surface area contributed by atoms with Crippen molar-refractivity contribution in [3.8, 4) is 17.2 Å². The molecule has 0 aliphatic rings. The zero-order valence-corrected chi connectivity index (χ0v) is 13.4. The zero-order chi connectivity index (χ0) is 15.5. The van der Waals surface area contributed by atoms with Crippen molar-refractivity contribution in [2.45, 2.75) is 6.61 Å². The molecule has 0 N–H and O–H groups in total. The van der Waals surface area contributed by atoms with Gasteiger partial charge in [0.15, 0.2) is 6.61 Å². The summed E-state index contributed by atoms with van der Waals surface area (Å²) in [6, 6.07) is 11.2. The third-order valence-corrected chi connectivity index (χ3v) is 3.67. The van der Waals surface area contributed by atoms with Crippen molar-refractivity contribution >= 4 is 27.5 Å². The van der Waals surface area contributed by atoms with Crippen molar-refractivity contribution in [2.24, 2.45) is 0 Å². The summed E-state index contributed by atoms with van der Waals surface area (Å²) < 4.78 is 24.5. The van der Waals surface area contributed by atoms with Gasteiger partial charge in [-0.2, -0.15) is 0 Å². The summed E-state index contributed by atoms with van der Waals surface area (Å²) in [5, 5.41) is 8.50. The number of rotatable bonds is 4. The average Bonchev–Trinajstić information content (AvgIpc) is 2.96. The minimum Gasteiger partial charge on any atom is -0.483 e. The molecule has 4 nitrogen and oxygen atoms in total. The molecule has 7 heteroatoms. The molecule has 0 unspecified atom stereocenters. The Labute approximate surface area is 139 Å². The number of nitrogens with zero attached hydrogens (tertiary/aromatic N) is 2. The standard InChI is InChI=1S/C15H9BrClFN2O2/c16-12-7-11(18)5-6-13(12)21-8-14-19-20-15(22-14)9-1-3-10(17)4-2-9/h1-7H,8H2. The van der Waals surface area contributed by atoms with Crippen LogP contribution in [0.1, 0.15) is 5.89 Å².